The molecule has 7 nitrogen and oxygen atoms in total. The van der Waals surface area contributed by atoms with Crippen molar-refractivity contribution in [1.82, 2.24) is 20.5 Å². The number of likely N-dealkylation sites (tertiary alicyclic amines) is 1. The number of amides is 1. The van der Waals surface area contributed by atoms with Gasteiger partial charge in [-0.05, 0) is 44.4 Å². The Balaban J connectivity index is 0.00000363. The van der Waals surface area contributed by atoms with Crippen molar-refractivity contribution < 1.29 is 4.79 Å². The summed E-state index contributed by atoms with van der Waals surface area (Å²) in [6, 6.07) is 16.6. The molecule has 2 aromatic rings. The molecule has 2 heterocycles. The fourth-order valence-corrected chi connectivity index (χ4v) is 3.68. The maximum Gasteiger partial charge on any atom is 0.227 e. The van der Waals surface area contributed by atoms with E-state index in [0.717, 1.165) is 50.7 Å². The molecule has 1 aromatic carbocycles. The van der Waals surface area contributed by atoms with Gasteiger partial charge in [0.25, 0.3) is 0 Å². The van der Waals surface area contributed by atoms with Crippen molar-refractivity contribution in [2.24, 2.45) is 4.99 Å². The van der Waals surface area contributed by atoms with Crippen LogP contribution in [0.4, 0.5) is 5.82 Å². The Bertz CT molecular complexity index is 853. The zero-order valence-electron chi connectivity index (χ0n) is 19.0. The highest BCUT2D eigenvalue weighted by atomic mass is 127. The van der Waals surface area contributed by atoms with Crippen LogP contribution in [0.1, 0.15) is 37.4 Å². The van der Waals surface area contributed by atoms with Crippen LogP contribution in [0.2, 0.25) is 0 Å². The number of aryl methyl sites for hydroxylation is 1. The minimum absolute atomic E-state index is 0. The van der Waals surface area contributed by atoms with Gasteiger partial charge in [0.2, 0.25) is 5.91 Å². The Kier molecular flexibility index (Phi) is 11.4. The third-order valence-electron chi connectivity index (χ3n) is 5.29. The molecule has 32 heavy (non-hydrogen) atoms. The van der Waals surface area contributed by atoms with Crippen molar-refractivity contribution in [3.63, 3.8) is 0 Å². The first-order valence-corrected chi connectivity index (χ1v) is 11.2. The minimum atomic E-state index is -0.0769. The van der Waals surface area contributed by atoms with Gasteiger partial charge in [-0.1, -0.05) is 36.4 Å². The fourth-order valence-electron chi connectivity index (χ4n) is 3.68. The number of rotatable bonds is 8. The lowest BCUT2D eigenvalue weighted by atomic mass is 10.0. The van der Waals surface area contributed by atoms with Crippen LogP contribution in [0.5, 0.6) is 0 Å². The number of carbonyl (C=O) groups excluding carboxylic acids is 1. The molecular weight excluding hydrogens is 515 g/mol. The first-order valence-electron chi connectivity index (χ1n) is 11.2. The summed E-state index contributed by atoms with van der Waals surface area (Å²) in [7, 11) is 0. The van der Waals surface area contributed by atoms with Gasteiger partial charge in [-0.3, -0.25) is 14.7 Å². The van der Waals surface area contributed by atoms with Gasteiger partial charge in [0.15, 0.2) is 5.96 Å². The molecule has 0 saturated carbocycles. The van der Waals surface area contributed by atoms with Gasteiger partial charge in [-0.2, -0.15) is 0 Å². The van der Waals surface area contributed by atoms with E-state index in [1.54, 1.807) is 6.07 Å². The molecule has 0 unspecified atom stereocenters. The van der Waals surface area contributed by atoms with Crippen LogP contribution in [0.3, 0.4) is 0 Å². The summed E-state index contributed by atoms with van der Waals surface area (Å²) in [5.41, 5.74) is 2.24. The molecule has 0 radical (unpaired) electrons. The lowest BCUT2D eigenvalue weighted by Gasteiger charge is -2.33. The molecule has 0 aliphatic carbocycles. The van der Waals surface area contributed by atoms with Gasteiger partial charge in [0.05, 0.1) is 6.54 Å². The van der Waals surface area contributed by atoms with Gasteiger partial charge in [0.1, 0.15) is 5.82 Å². The number of anilines is 1. The molecular formula is C24H35IN6O. The summed E-state index contributed by atoms with van der Waals surface area (Å²) >= 11 is 0. The molecule has 1 aliphatic heterocycles. The van der Waals surface area contributed by atoms with E-state index in [9.17, 15) is 4.79 Å². The zero-order chi connectivity index (χ0) is 21.9. The number of guanidine groups is 1. The van der Waals surface area contributed by atoms with E-state index in [2.05, 4.69) is 68.1 Å². The van der Waals surface area contributed by atoms with E-state index in [-0.39, 0.29) is 29.9 Å². The molecule has 8 heteroatoms. The SMILES string of the molecule is CCNC(=NCCC(=O)Nc1cccc(C)n1)NC1CCN(Cc2ccccc2)CC1.I. The topological polar surface area (TPSA) is 81.6 Å². The lowest BCUT2D eigenvalue weighted by molar-refractivity contribution is -0.116. The molecule has 1 aliphatic rings. The van der Waals surface area contributed by atoms with Crippen LogP contribution in [0.25, 0.3) is 0 Å². The van der Waals surface area contributed by atoms with Crippen molar-refractivity contribution >= 4 is 41.7 Å². The molecule has 174 valence electrons. The smallest absolute Gasteiger partial charge is 0.227 e. The summed E-state index contributed by atoms with van der Waals surface area (Å²) < 4.78 is 0. The number of carbonyl (C=O) groups is 1. The van der Waals surface area contributed by atoms with Crippen LogP contribution in [0.15, 0.2) is 53.5 Å². The Morgan fingerprint density at radius 2 is 1.88 bits per heavy atom. The third kappa shape index (κ3) is 9.12. The summed E-state index contributed by atoms with van der Waals surface area (Å²) in [5.74, 6) is 1.29. The molecule has 0 atom stereocenters. The van der Waals surface area contributed by atoms with Crippen molar-refractivity contribution in [3.8, 4) is 0 Å². The zero-order valence-corrected chi connectivity index (χ0v) is 21.3. The first kappa shape index (κ1) is 26.1. The molecule has 0 spiro atoms. The van der Waals surface area contributed by atoms with Crippen LogP contribution >= 0.6 is 24.0 Å². The average Bonchev–Trinajstić information content (AvgIpc) is 2.76. The Hall–Kier alpha value is -2.20. The van der Waals surface area contributed by atoms with E-state index in [0.29, 0.717) is 24.8 Å². The number of piperidine rings is 1. The number of nitrogens with zero attached hydrogens (tertiary/aromatic N) is 3. The largest absolute Gasteiger partial charge is 0.357 e. The van der Waals surface area contributed by atoms with E-state index in [1.165, 1.54) is 5.56 Å². The Labute approximate surface area is 208 Å². The fraction of sp³-hybridized carbons (Fsp3) is 0.458. The lowest BCUT2D eigenvalue weighted by Crippen LogP contribution is -2.48. The molecule has 3 N–H and O–H groups in total. The van der Waals surface area contributed by atoms with Crippen molar-refractivity contribution in [1.29, 1.82) is 0 Å². The summed E-state index contributed by atoms with van der Waals surface area (Å²) in [6.07, 6.45) is 2.48. The normalized spacial score (nSPS) is 15.0. The Morgan fingerprint density at radius 3 is 2.56 bits per heavy atom. The second-order valence-corrected chi connectivity index (χ2v) is 7.90. The second kappa shape index (κ2) is 14.1. The molecule has 0 bridgehead atoms. The molecule has 1 saturated heterocycles. The van der Waals surface area contributed by atoms with E-state index >= 15 is 0 Å². The maximum atomic E-state index is 12.2. The number of aromatic nitrogens is 1. The third-order valence-corrected chi connectivity index (χ3v) is 5.29. The summed E-state index contributed by atoms with van der Waals surface area (Å²) in [6.45, 7) is 8.32. The van der Waals surface area contributed by atoms with Crippen molar-refractivity contribution in [3.05, 3.63) is 59.8 Å². The monoisotopic (exact) mass is 550 g/mol. The van der Waals surface area contributed by atoms with E-state index in [4.69, 9.17) is 0 Å². The number of nitrogens with one attached hydrogen (secondary N) is 3. The number of pyridine rings is 1. The van der Waals surface area contributed by atoms with Crippen LogP contribution in [-0.4, -0.2) is 54.0 Å². The first-order chi connectivity index (χ1) is 15.1. The van der Waals surface area contributed by atoms with Crippen molar-refractivity contribution in [2.45, 2.75) is 45.7 Å². The van der Waals surface area contributed by atoms with Crippen LogP contribution in [-0.2, 0) is 11.3 Å². The highest BCUT2D eigenvalue weighted by molar-refractivity contribution is 14.0. The standard InChI is InChI=1S/C24H34N6O.HI/c1-3-25-24(26-15-12-23(31)29-22-11-7-8-19(2)27-22)28-21-13-16-30(17-14-21)18-20-9-5-4-6-10-20;/h4-11,21H,3,12-18H2,1-2H3,(H2,25,26,28)(H,27,29,31);1H. The van der Waals surface area contributed by atoms with Crippen molar-refractivity contribution in [2.75, 3.05) is 31.5 Å². The number of benzene rings is 1. The molecule has 1 amide bonds. The van der Waals surface area contributed by atoms with Gasteiger partial charge in [-0.25, -0.2) is 4.98 Å². The quantitative estimate of drug-likeness (QED) is 0.266. The summed E-state index contributed by atoms with van der Waals surface area (Å²) in [4.78, 5) is 23.6. The highest BCUT2D eigenvalue weighted by Gasteiger charge is 2.20. The maximum absolute atomic E-state index is 12.2. The molecule has 1 aromatic heterocycles. The van der Waals surface area contributed by atoms with Gasteiger partial charge in [-0.15, -0.1) is 24.0 Å². The summed E-state index contributed by atoms with van der Waals surface area (Å²) in [5, 5.41) is 9.66. The Morgan fingerprint density at radius 1 is 1.12 bits per heavy atom. The second-order valence-electron chi connectivity index (χ2n) is 7.90. The molecule has 3 rings (SSSR count). The average molecular weight is 550 g/mol. The van der Waals surface area contributed by atoms with Crippen LogP contribution < -0.4 is 16.0 Å². The number of hydrogen-bond acceptors (Lipinski definition) is 4. The van der Waals surface area contributed by atoms with Crippen LogP contribution in [0, 0.1) is 6.92 Å². The minimum Gasteiger partial charge on any atom is -0.357 e. The number of halogens is 1. The van der Waals surface area contributed by atoms with Gasteiger partial charge >= 0.3 is 0 Å². The van der Waals surface area contributed by atoms with E-state index < -0.39 is 0 Å². The van der Waals surface area contributed by atoms with Gasteiger partial charge in [0, 0.05) is 44.3 Å². The molecule has 1 fully saturated rings. The predicted octanol–water partition coefficient (Wildman–Crippen LogP) is 3.56. The van der Waals surface area contributed by atoms with Gasteiger partial charge < -0.3 is 16.0 Å². The van der Waals surface area contributed by atoms with E-state index in [1.807, 2.05) is 19.1 Å². The number of hydrogen-bond donors (Lipinski definition) is 3. The number of aliphatic imine (C=N–C) groups is 1. The highest BCUT2D eigenvalue weighted by Crippen LogP contribution is 2.14. The predicted molar refractivity (Wildman–Crippen MR) is 141 cm³/mol.